The zero-order valence-electron chi connectivity index (χ0n) is 19.7. The van der Waals surface area contributed by atoms with E-state index in [1.807, 2.05) is 13.0 Å². The second-order valence-corrected chi connectivity index (χ2v) is 8.19. The van der Waals surface area contributed by atoms with E-state index in [1.54, 1.807) is 73.8 Å². The number of nitrogens with zero attached hydrogens (tertiary/aromatic N) is 1. The molecular formula is C27H24BrN3O5. The van der Waals surface area contributed by atoms with Crippen molar-refractivity contribution in [1.29, 1.82) is 5.26 Å². The van der Waals surface area contributed by atoms with Crippen LogP contribution in [0, 0.1) is 11.3 Å². The first-order chi connectivity index (χ1) is 17.4. The summed E-state index contributed by atoms with van der Waals surface area (Å²) in [6.07, 6.45) is 1.47. The molecule has 0 saturated carbocycles. The summed E-state index contributed by atoms with van der Waals surface area (Å²) in [6.45, 7) is 2.23. The normalized spacial score (nSPS) is 10.7. The Kier molecular flexibility index (Phi) is 9.48. The predicted molar refractivity (Wildman–Crippen MR) is 141 cm³/mol. The Morgan fingerprint density at radius 3 is 2.17 bits per heavy atom. The fourth-order valence-electron chi connectivity index (χ4n) is 3.05. The Morgan fingerprint density at radius 1 is 0.944 bits per heavy atom. The van der Waals surface area contributed by atoms with E-state index in [4.69, 9.17) is 14.2 Å². The molecule has 0 radical (unpaired) electrons. The summed E-state index contributed by atoms with van der Waals surface area (Å²) in [7, 11) is 1.57. The Hall–Kier alpha value is -4.29. The van der Waals surface area contributed by atoms with Crippen molar-refractivity contribution < 1.29 is 23.8 Å². The average Bonchev–Trinajstić information content (AvgIpc) is 2.88. The highest BCUT2D eigenvalue weighted by Gasteiger charge is 2.12. The summed E-state index contributed by atoms with van der Waals surface area (Å²) in [4.78, 5) is 24.8. The minimum Gasteiger partial charge on any atom is -0.497 e. The van der Waals surface area contributed by atoms with Crippen LogP contribution < -0.4 is 24.8 Å². The van der Waals surface area contributed by atoms with Crippen LogP contribution in [-0.2, 0) is 9.59 Å². The number of carbonyl (C=O) groups excluding carboxylic acids is 2. The molecule has 2 N–H and O–H groups in total. The number of hydrogen-bond acceptors (Lipinski definition) is 6. The summed E-state index contributed by atoms with van der Waals surface area (Å²) < 4.78 is 16.6. The van der Waals surface area contributed by atoms with Gasteiger partial charge in [-0.1, -0.05) is 6.07 Å². The van der Waals surface area contributed by atoms with Gasteiger partial charge in [-0.25, -0.2) is 0 Å². The molecule has 3 rings (SSSR count). The van der Waals surface area contributed by atoms with E-state index in [2.05, 4.69) is 26.6 Å². The van der Waals surface area contributed by atoms with Crippen LogP contribution in [0.2, 0.25) is 0 Å². The van der Waals surface area contributed by atoms with Gasteiger partial charge in [0, 0.05) is 11.4 Å². The highest BCUT2D eigenvalue weighted by Crippen LogP contribution is 2.27. The first-order valence-electron chi connectivity index (χ1n) is 10.9. The predicted octanol–water partition coefficient (Wildman–Crippen LogP) is 5.42. The molecule has 0 unspecified atom stereocenters. The molecule has 9 heteroatoms. The van der Waals surface area contributed by atoms with Gasteiger partial charge < -0.3 is 24.8 Å². The molecule has 0 aromatic heterocycles. The third-order valence-corrected chi connectivity index (χ3v) is 5.41. The second-order valence-electron chi connectivity index (χ2n) is 7.34. The molecule has 0 saturated heterocycles. The lowest BCUT2D eigenvalue weighted by atomic mass is 10.1. The Labute approximate surface area is 217 Å². The molecule has 0 bridgehead atoms. The van der Waals surface area contributed by atoms with Crippen molar-refractivity contribution in [3.8, 4) is 23.3 Å². The molecule has 0 atom stereocenters. The van der Waals surface area contributed by atoms with Gasteiger partial charge in [-0.3, -0.25) is 9.59 Å². The van der Waals surface area contributed by atoms with Crippen molar-refractivity contribution in [3.05, 3.63) is 82.3 Å². The molecule has 0 spiro atoms. The number of ether oxygens (including phenoxy) is 3. The first-order valence-corrected chi connectivity index (χ1v) is 11.7. The largest absolute Gasteiger partial charge is 0.497 e. The first kappa shape index (κ1) is 26.3. The number of methoxy groups -OCH3 is 1. The van der Waals surface area contributed by atoms with Gasteiger partial charge in [-0.15, -0.1) is 0 Å². The van der Waals surface area contributed by atoms with Gasteiger partial charge >= 0.3 is 0 Å². The monoisotopic (exact) mass is 549 g/mol. The Morgan fingerprint density at radius 2 is 1.58 bits per heavy atom. The summed E-state index contributed by atoms with van der Waals surface area (Å²) in [5, 5.41) is 14.9. The van der Waals surface area contributed by atoms with Gasteiger partial charge in [0.25, 0.3) is 11.8 Å². The maximum atomic E-state index is 12.6. The van der Waals surface area contributed by atoms with Crippen LogP contribution in [0.3, 0.4) is 0 Å². The van der Waals surface area contributed by atoms with Crippen LogP contribution >= 0.6 is 15.9 Å². The quantitative estimate of drug-likeness (QED) is 0.258. The minimum atomic E-state index is -0.534. The van der Waals surface area contributed by atoms with Crippen molar-refractivity contribution in [2.45, 2.75) is 6.92 Å². The summed E-state index contributed by atoms with van der Waals surface area (Å²) in [5.41, 5.74) is 1.71. The maximum absolute atomic E-state index is 12.6. The number of amides is 2. The van der Waals surface area contributed by atoms with Crippen LogP contribution in [-0.4, -0.2) is 32.1 Å². The molecule has 3 aromatic carbocycles. The number of hydrogen-bond donors (Lipinski definition) is 2. The number of halogens is 1. The van der Waals surface area contributed by atoms with E-state index in [0.29, 0.717) is 45.3 Å². The van der Waals surface area contributed by atoms with Gasteiger partial charge in [0.15, 0.2) is 6.61 Å². The second kappa shape index (κ2) is 13.0. The highest BCUT2D eigenvalue weighted by molar-refractivity contribution is 9.10. The molecule has 0 heterocycles. The average molecular weight is 550 g/mol. The third-order valence-electron chi connectivity index (χ3n) is 4.79. The number of carbonyl (C=O) groups is 2. The van der Waals surface area contributed by atoms with E-state index in [0.717, 1.165) is 0 Å². The molecule has 0 fully saturated rings. The summed E-state index contributed by atoms with van der Waals surface area (Å²) >= 11 is 3.41. The zero-order valence-corrected chi connectivity index (χ0v) is 21.3. The highest BCUT2D eigenvalue weighted by atomic mass is 79.9. The van der Waals surface area contributed by atoms with E-state index in [1.165, 1.54) is 6.08 Å². The zero-order chi connectivity index (χ0) is 25.9. The fourth-order valence-corrected chi connectivity index (χ4v) is 3.56. The minimum absolute atomic E-state index is 0.0664. The van der Waals surface area contributed by atoms with Crippen LogP contribution in [0.4, 0.5) is 11.4 Å². The molecule has 36 heavy (non-hydrogen) atoms. The molecule has 0 aliphatic rings. The van der Waals surface area contributed by atoms with Crippen LogP contribution in [0.15, 0.2) is 76.8 Å². The lowest BCUT2D eigenvalue weighted by Crippen LogP contribution is -2.20. The van der Waals surface area contributed by atoms with Crippen LogP contribution in [0.1, 0.15) is 12.5 Å². The molecule has 0 aliphatic heterocycles. The van der Waals surface area contributed by atoms with Crippen molar-refractivity contribution in [1.82, 2.24) is 0 Å². The van der Waals surface area contributed by atoms with Gasteiger partial charge in [0.05, 0.1) is 18.2 Å². The van der Waals surface area contributed by atoms with Crippen molar-refractivity contribution in [2.75, 3.05) is 31.0 Å². The summed E-state index contributed by atoms with van der Waals surface area (Å²) in [5.74, 6) is 0.962. The standard InChI is InChI=1S/C27H24BrN3O5/c1-3-35-23-11-7-21(8-12-23)31-27(33)19(16-29)14-18-4-13-25(24(28)15-18)36-17-26(32)30-20-5-9-22(34-2)10-6-20/h4-15H,3,17H2,1-2H3,(H,30,32)(H,31,33)/b19-14+. The van der Waals surface area contributed by atoms with E-state index in [9.17, 15) is 14.9 Å². The molecule has 8 nitrogen and oxygen atoms in total. The molecular weight excluding hydrogens is 526 g/mol. The van der Waals surface area contributed by atoms with E-state index >= 15 is 0 Å². The SMILES string of the molecule is CCOc1ccc(NC(=O)/C(C#N)=C/c2ccc(OCC(=O)Nc3ccc(OC)cc3)c(Br)c2)cc1. The smallest absolute Gasteiger partial charge is 0.266 e. The molecule has 3 aromatic rings. The Balaban J connectivity index is 1.59. The molecule has 184 valence electrons. The topological polar surface area (TPSA) is 110 Å². The van der Waals surface area contributed by atoms with Crippen LogP contribution in [0.5, 0.6) is 17.2 Å². The van der Waals surface area contributed by atoms with Crippen molar-refractivity contribution in [2.24, 2.45) is 0 Å². The van der Waals surface area contributed by atoms with Crippen LogP contribution in [0.25, 0.3) is 6.08 Å². The van der Waals surface area contributed by atoms with Crippen molar-refractivity contribution in [3.63, 3.8) is 0 Å². The Bertz CT molecular complexity index is 1280. The van der Waals surface area contributed by atoms with Gasteiger partial charge in [-0.05, 0) is 95.2 Å². The molecule has 0 aliphatic carbocycles. The van der Waals surface area contributed by atoms with Gasteiger partial charge in [-0.2, -0.15) is 5.26 Å². The van der Waals surface area contributed by atoms with E-state index in [-0.39, 0.29) is 18.1 Å². The lowest BCUT2D eigenvalue weighted by molar-refractivity contribution is -0.118. The number of rotatable bonds is 10. The molecule has 2 amide bonds. The number of anilines is 2. The van der Waals surface area contributed by atoms with Crippen molar-refractivity contribution >= 4 is 45.2 Å². The summed E-state index contributed by atoms with van der Waals surface area (Å²) in [6, 6.07) is 20.8. The lowest BCUT2D eigenvalue weighted by Gasteiger charge is -2.10. The third kappa shape index (κ3) is 7.61. The van der Waals surface area contributed by atoms with E-state index < -0.39 is 5.91 Å². The maximum Gasteiger partial charge on any atom is 0.266 e. The number of nitrogens with one attached hydrogen (secondary N) is 2. The van der Waals surface area contributed by atoms with Gasteiger partial charge in [0.2, 0.25) is 0 Å². The fraction of sp³-hybridized carbons (Fsp3) is 0.148. The number of benzene rings is 3. The van der Waals surface area contributed by atoms with Gasteiger partial charge in [0.1, 0.15) is 28.9 Å². The number of nitriles is 1.